The highest BCUT2D eigenvalue weighted by molar-refractivity contribution is 7.99. The molecule has 0 atom stereocenters. The minimum absolute atomic E-state index is 0.0952. The molecule has 0 aliphatic heterocycles. The lowest BCUT2D eigenvalue weighted by atomic mass is 10.1. The highest BCUT2D eigenvalue weighted by atomic mass is 35.5. The zero-order valence-electron chi connectivity index (χ0n) is 17.1. The van der Waals surface area contributed by atoms with Crippen LogP contribution in [0.15, 0.2) is 72.1 Å². The molecule has 0 unspecified atom stereocenters. The number of benzene rings is 2. The number of hydrogen-bond donors (Lipinski definition) is 1. The van der Waals surface area contributed by atoms with E-state index < -0.39 is 0 Å². The van der Waals surface area contributed by atoms with E-state index in [0.717, 1.165) is 16.8 Å². The fraction of sp³-hybridized carbons (Fsp3) is 0.130. The van der Waals surface area contributed by atoms with Crippen LogP contribution in [0.2, 0.25) is 10.0 Å². The van der Waals surface area contributed by atoms with Crippen LogP contribution in [0.25, 0.3) is 17.1 Å². The summed E-state index contributed by atoms with van der Waals surface area (Å²) in [6.07, 6.45) is 3.40. The van der Waals surface area contributed by atoms with Gasteiger partial charge in [-0.3, -0.25) is 14.3 Å². The van der Waals surface area contributed by atoms with Crippen molar-refractivity contribution in [2.45, 2.75) is 18.6 Å². The number of thioether (sulfide) groups is 1. The molecule has 0 fully saturated rings. The molecular weight excluding hydrogens is 465 g/mol. The summed E-state index contributed by atoms with van der Waals surface area (Å²) in [5.41, 5.74) is 3.76. The number of nitrogens with zero attached hydrogens (tertiary/aromatic N) is 4. The number of pyridine rings is 1. The van der Waals surface area contributed by atoms with Gasteiger partial charge >= 0.3 is 0 Å². The number of carbonyl (C=O) groups excluding carboxylic acids is 1. The van der Waals surface area contributed by atoms with Gasteiger partial charge in [0, 0.05) is 24.5 Å². The molecule has 0 radical (unpaired) electrons. The lowest BCUT2D eigenvalue weighted by Crippen LogP contribution is -2.24. The van der Waals surface area contributed by atoms with Crippen LogP contribution in [-0.4, -0.2) is 31.4 Å². The van der Waals surface area contributed by atoms with E-state index in [-0.39, 0.29) is 11.7 Å². The standard InChI is InChI=1S/C23H19Cl2N5OS/c1-15-4-6-16(7-5-15)12-27-21(31)14-32-23-29-28-22(17-3-2-10-26-13-17)30(23)18-8-9-19(24)20(25)11-18/h2-11,13H,12,14H2,1H3,(H,27,31). The van der Waals surface area contributed by atoms with Gasteiger partial charge in [0.2, 0.25) is 5.91 Å². The van der Waals surface area contributed by atoms with Crippen molar-refractivity contribution in [3.05, 3.63) is 88.2 Å². The Kier molecular flexibility index (Phi) is 7.09. The van der Waals surface area contributed by atoms with Crippen molar-refractivity contribution < 1.29 is 4.79 Å². The summed E-state index contributed by atoms with van der Waals surface area (Å²) in [5.74, 6) is 0.694. The van der Waals surface area contributed by atoms with Crippen LogP contribution >= 0.6 is 35.0 Å². The van der Waals surface area contributed by atoms with E-state index in [4.69, 9.17) is 23.2 Å². The minimum atomic E-state index is -0.0952. The fourth-order valence-corrected chi connectivity index (χ4v) is 4.06. The SMILES string of the molecule is Cc1ccc(CNC(=O)CSc2nnc(-c3cccnc3)n2-c2ccc(Cl)c(Cl)c2)cc1. The first kappa shape index (κ1) is 22.3. The summed E-state index contributed by atoms with van der Waals surface area (Å²) in [5, 5.41) is 13.0. The first-order valence-corrected chi connectivity index (χ1v) is 11.5. The quantitative estimate of drug-likeness (QED) is 0.358. The van der Waals surface area contributed by atoms with Crippen LogP contribution in [0.3, 0.4) is 0 Å². The number of halogens is 2. The third-order valence-corrected chi connectivity index (χ3v) is 6.33. The number of aromatic nitrogens is 4. The van der Waals surface area contributed by atoms with Gasteiger partial charge in [-0.1, -0.05) is 64.8 Å². The average molecular weight is 484 g/mol. The monoisotopic (exact) mass is 483 g/mol. The predicted molar refractivity (Wildman–Crippen MR) is 128 cm³/mol. The summed E-state index contributed by atoms with van der Waals surface area (Å²) in [6, 6.07) is 17.1. The largest absolute Gasteiger partial charge is 0.351 e. The molecule has 2 aromatic heterocycles. The molecule has 4 aromatic rings. The Morgan fingerprint density at radius 2 is 1.88 bits per heavy atom. The number of aryl methyl sites for hydroxylation is 1. The Morgan fingerprint density at radius 1 is 1.06 bits per heavy atom. The van der Waals surface area contributed by atoms with Gasteiger partial charge in [0.05, 0.1) is 21.5 Å². The van der Waals surface area contributed by atoms with E-state index in [1.807, 2.05) is 54.0 Å². The molecule has 4 rings (SSSR count). The second kappa shape index (κ2) is 10.2. The lowest BCUT2D eigenvalue weighted by Gasteiger charge is -2.11. The molecule has 0 aliphatic carbocycles. The van der Waals surface area contributed by atoms with E-state index in [9.17, 15) is 4.79 Å². The van der Waals surface area contributed by atoms with E-state index in [1.54, 1.807) is 24.5 Å². The van der Waals surface area contributed by atoms with E-state index in [1.165, 1.54) is 17.3 Å². The van der Waals surface area contributed by atoms with Gasteiger partial charge in [-0.15, -0.1) is 10.2 Å². The molecule has 0 saturated heterocycles. The number of hydrogen-bond acceptors (Lipinski definition) is 5. The maximum Gasteiger partial charge on any atom is 0.230 e. The second-order valence-electron chi connectivity index (χ2n) is 7.03. The van der Waals surface area contributed by atoms with Crippen LogP contribution in [0.4, 0.5) is 0 Å². The summed E-state index contributed by atoms with van der Waals surface area (Å²) >= 11 is 13.6. The first-order chi connectivity index (χ1) is 15.5. The topological polar surface area (TPSA) is 72.7 Å². The van der Waals surface area contributed by atoms with Crippen molar-refractivity contribution >= 4 is 40.9 Å². The van der Waals surface area contributed by atoms with Crippen molar-refractivity contribution in [1.82, 2.24) is 25.1 Å². The molecule has 0 spiro atoms. The molecule has 32 heavy (non-hydrogen) atoms. The van der Waals surface area contributed by atoms with Gasteiger partial charge in [0.15, 0.2) is 11.0 Å². The minimum Gasteiger partial charge on any atom is -0.351 e. The average Bonchev–Trinajstić information content (AvgIpc) is 3.23. The zero-order valence-corrected chi connectivity index (χ0v) is 19.5. The smallest absolute Gasteiger partial charge is 0.230 e. The number of amides is 1. The zero-order chi connectivity index (χ0) is 22.5. The molecule has 6 nitrogen and oxygen atoms in total. The molecule has 1 amide bonds. The Labute approximate surface area is 200 Å². The lowest BCUT2D eigenvalue weighted by molar-refractivity contribution is -0.118. The Balaban J connectivity index is 1.54. The van der Waals surface area contributed by atoms with Crippen molar-refractivity contribution in [2.75, 3.05) is 5.75 Å². The maximum absolute atomic E-state index is 12.4. The van der Waals surface area contributed by atoms with Crippen LogP contribution in [-0.2, 0) is 11.3 Å². The van der Waals surface area contributed by atoms with Gasteiger partial charge in [-0.05, 0) is 42.8 Å². The molecule has 9 heteroatoms. The predicted octanol–water partition coefficient (Wildman–Crippen LogP) is 5.35. The summed E-state index contributed by atoms with van der Waals surface area (Å²) in [7, 11) is 0. The first-order valence-electron chi connectivity index (χ1n) is 9.77. The summed E-state index contributed by atoms with van der Waals surface area (Å²) in [4.78, 5) is 16.6. The molecule has 0 bridgehead atoms. The summed E-state index contributed by atoms with van der Waals surface area (Å²) < 4.78 is 1.84. The van der Waals surface area contributed by atoms with Crippen LogP contribution in [0.5, 0.6) is 0 Å². The van der Waals surface area contributed by atoms with Crippen LogP contribution in [0.1, 0.15) is 11.1 Å². The molecular formula is C23H19Cl2N5OS. The second-order valence-corrected chi connectivity index (χ2v) is 8.79. The van der Waals surface area contributed by atoms with Crippen molar-refractivity contribution in [2.24, 2.45) is 0 Å². The van der Waals surface area contributed by atoms with Crippen molar-refractivity contribution in [3.63, 3.8) is 0 Å². The van der Waals surface area contributed by atoms with Gasteiger partial charge in [-0.2, -0.15) is 0 Å². The van der Waals surface area contributed by atoms with E-state index in [0.29, 0.717) is 27.6 Å². The van der Waals surface area contributed by atoms with Gasteiger partial charge in [-0.25, -0.2) is 0 Å². The van der Waals surface area contributed by atoms with E-state index in [2.05, 4.69) is 20.5 Å². The van der Waals surface area contributed by atoms with Crippen molar-refractivity contribution in [1.29, 1.82) is 0 Å². The summed E-state index contributed by atoms with van der Waals surface area (Å²) in [6.45, 7) is 2.50. The Bertz CT molecular complexity index is 1230. The maximum atomic E-state index is 12.4. The highest BCUT2D eigenvalue weighted by Gasteiger charge is 2.18. The molecule has 2 heterocycles. The van der Waals surface area contributed by atoms with Crippen molar-refractivity contribution in [3.8, 4) is 17.1 Å². The van der Waals surface area contributed by atoms with Gasteiger partial charge < -0.3 is 5.32 Å². The molecule has 2 aromatic carbocycles. The molecule has 162 valence electrons. The Hall–Kier alpha value is -2.87. The van der Waals surface area contributed by atoms with Gasteiger partial charge in [0.25, 0.3) is 0 Å². The highest BCUT2D eigenvalue weighted by Crippen LogP contribution is 2.31. The van der Waals surface area contributed by atoms with Crippen LogP contribution < -0.4 is 5.32 Å². The number of rotatable bonds is 7. The fourth-order valence-electron chi connectivity index (χ4n) is 2.99. The van der Waals surface area contributed by atoms with E-state index >= 15 is 0 Å². The normalized spacial score (nSPS) is 10.8. The molecule has 1 N–H and O–H groups in total. The van der Waals surface area contributed by atoms with Gasteiger partial charge in [0.1, 0.15) is 0 Å². The van der Waals surface area contributed by atoms with Crippen LogP contribution in [0, 0.1) is 6.92 Å². The number of carbonyl (C=O) groups is 1. The molecule has 0 saturated carbocycles. The third kappa shape index (κ3) is 5.30. The molecule has 0 aliphatic rings. The Morgan fingerprint density at radius 3 is 2.59 bits per heavy atom. The number of nitrogens with one attached hydrogen (secondary N) is 1. The third-order valence-electron chi connectivity index (χ3n) is 4.66.